The minimum absolute atomic E-state index is 0.189. The van der Waals surface area contributed by atoms with E-state index in [1.54, 1.807) is 7.11 Å². The Morgan fingerprint density at radius 2 is 2.22 bits per heavy atom. The van der Waals surface area contributed by atoms with Crippen LogP contribution in [0.3, 0.4) is 0 Å². The van der Waals surface area contributed by atoms with Gasteiger partial charge in [0.05, 0.1) is 5.60 Å². The average molecular weight is 129 g/mol. The molecule has 1 fully saturated rings. The molecule has 0 aromatic heterocycles. The van der Waals surface area contributed by atoms with Crippen LogP contribution in [0.2, 0.25) is 0 Å². The van der Waals surface area contributed by atoms with Crippen LogP contribution in [0.1, 0.15) is 25.7 Å². The van der Waals surface area contributed by atoms with Crippen LogP contribution < -0.4 is 5.73 Å². The molecule has 1 aliphatic rings. The lowest BCUT2D eigenvalue weighted by atomic mass is 9.77. The van der Waals surface area contributed by atoms with Crippen molar-refractivity contribution in [1.29, 1.82) is 0 Å². The van der Waals surface area contributed by atoms with Gasteiger partial charge in [-0.25, -0.2) is 0 Å². The zero-order chi connectivity index (χ0) is 6.74. The van der Waals surface area contributed by atoms with Crippen LogP contribution in [-0.4, -0.2) is 19.3 Å². The van der Waals surface area contributed by atoms with Gasteiger partial charge >= 0.3 is 0 Å². The van der Waals surface area contributed by atoms with Crippen molar-refractivity contribution < 1.29 is 4.74 Å². The standard InChI is InChI=1S/C7H15NO/c1-9-7(5-6-8)3-2-4-7/h2-6,8H2,1H3. The molecule has 0 aliphatic heterocycles. The normalized spacial score (nSPS) is 23.3. The van der Waals surface area contributed by atoms with E-state index in [0.717, 1.165) is 13.0 Å². The first-order valence-corrected chi connectivity index (χ1v) is 3.58. The maximum absolute atomic E-state index is 5.42. The molecule has 0 amide bonds. The van der Waals surface area contributed by atoms with Gasteiger partial charge in [0.25, 0.3) is 0 Å². The summed E-state index contributed by atoms with van der Waals surface area (Å²) in [6.07, 6.45) is 4.76. The van der Waals surface area contributed by atoms with Gasteiger partial charge in [0.2, 0.25) is 0 Å². The molecular formula is C7H15NO. The lowest BCUT2D eigenvalue weighted by molar-refractivity contribution is -0.0755. The largest absolute Gasteiger partial charge is 0.378 e. The molecule has 54 valence electrons. The van der Waals surface area contributed by atoms with E-state index in [2.05, 4.69) is 0 Å². The lowest BCUT2D eigenvalue weighted by Crippen LogP contribution is -2.40. The second-order valence-electron chi connectivity index (χ2n) is 2.78. The summed E-state index contributed by atoms with van der Waals surface area (Å²) in [7, 11) is 1.79. The summed E-state index contributed by atoms with van der Waals surface area (Å²) in [5.41, 5.74) is 5.61. The summed E-state index contributed by atoms with van der Waals surface area (Å²) in [6, 6.07) is 0. The minimum Gasteiger partial charge on any atom is -0.378 e. The molecule has 2 heteroatoms. The Balaban J connectivity index is 2.28. The lowest BCUT2D eigenvalue weighted by Gasteiger charge is -2.40. The van der Waals surface area contributed by atoms with Gasteiger partial charge in [0.15, 0.2) is 0 Å². The molecule has 1 rings (SSSR count). The predicted molar refractivity (Wildman–Crippen MR) is 37.3 cm³/mol. The number of methoxy groups -OCH3 is 1. The molecule has 0 atom stereocenters. The quantitative estimate of drug-likeness (QED) is 0.614. The Morgan fingerprint density at radius 3 is 2.33 bits per heavy atom. The van der Waals surface area contributed by atoms with Gasteiger partial charge in [-0.3, -0.25) is 0 Å². The second kappa shape index (κ2) is 2.67. The highest BCUT2D eigenvalue weighted by atomic mass is 16.5. The molecule has 2 N–H and O–H groups in total. The average Bonchev–Trinajstić information content (AvgIpc) is 1.79. The molecule has 0 heterocycles. The summed E-state index contributed by atoms with van der Waals surface area (Å²) < 4.78 is 5.33. The van der Waals surface area contributed by atoms with Crippen LogP contribution in [-0.2, 0) is 4.74 Å². The Morgan fingerprint density at radius 1 is 1.56 bits per heavy atom. The molecule has 0 unspecified atom stereocenters. The van der Waals surface area contributed by atoms with Crippen molar-refractivity contribution in [3.63, 3.8) is 0 Å². The van der Waals surface area contributed by atoms with Crippen LogP contribution >= 0.6 is 0 Å². The molecule has 9 heavy (non-hydrogen) atoms. The topological polar surface area (TPSA) is 35.2 Å². The monoisotopic (exact) mass is 129 g/mol. The minimum atomic E-state index is 0.189. The molecule has 1 aliphatic carbocycles. The van der Waals surface area contributed by atoms with Crippen molar-refractivity contribution in [2.45, 2.75) is 31.3 Å². The third kappa shape index (κ3) is 1.25. The van der Waals surface area contributed by atoms with E-state index in [0.29, 0.717) is 0 Å². The summed E-state index contributed by atoms with van der Waals surface area (Å²) in [5, 5.41) is 0. The van der Waals surface area contributed by atoms with Crippen LogP contribution in [0.25, 0.3) is 0 Å². The van der Waals surface area contributed by atoms with Crippen molar-refractivity contribution in [1.82, 2.24) is 0 Å². The number of hydrogen-bond donors (Lipinski definition) is 1. The van der Waals surface area contributed by atoms with Gasteiger partial charge in [-0.1, -0.05) is 0 Å². The van der Waals surface area contributed by atoms with Gasteiger partial charge in [0.1, 0.15) is 0 Å². The SMILES string of the molecule is COC1(CCN)CCC1. The molecule has 0 aromatic carbocycles. The van der Waals surface area contributed by atoms with Crippen molar-refractivity contribution in [2.75, 3.05) is 13.7 Å². The molecule has 2 nitrogen and oxygen atoms in total. The molecule has 0 bridgehead atoms. The summed E-state index contributed by atoms with van der Waals surface area (Å²) in [5.74, 6) is 0. The fourth-order valence-corrected chi connectivity index (χ4v) is 1.39. The number of rotatable bonds is 3. The summed E-state index contributed by atoms with van der Waals surface area (Å²) >= 11 is 0. The zero-order valence-electron chi connectivity index (χ0n) is 6.02. The van der Waals surface area contributed by atoms with E-state index in [1.165, 1.54) is 19.3 Å². The highest BCUT2D eigenvalue weighted by molar-refractivity contribution is 4.89. The van der Waals surface area contributed by atoms with E-state index >= 15 is 0 Å². The first kappa shape index (κ1) is 7.03. The highest BCUT2D eigenvalue weighted by Gasteiger charge is 2.35. The molecule has 1 saturated carbocycles. The van der Waals surface area contributed by atoms with Crippen LogP contribution in [0.5, 0.6) is 0 Å². The third-order valence-corrected chi connectivity index (χ3v) is 2.30. The van der Waals surface area contributed by atoms with Crippen LogP contribution in [0, 0.1) is 0 Å². The predicted octanol–water partition coefficient (Wildman–Crippen LogP) is 0.904. The van der Waals surface area contributed by atoms with Gasteiger partial charge in [0, 0.05) is 7.11 Å². The van der Waals surface area contributed by atoms with E-state index in [-0.39, 0.29) is 5.60 Å². The third-order valence-electron chi connectivity index (χ3n) is 2.30. The van der Waals surface area contributed by atoms with Crippen molar-refractivity contribution in [3.8, 4) is 0 Å². The second-order valence-corrected chi connectivity index (χ2v) is 2.78. The molecule has 0 saturated heterocycles. The van der Waals surface area contributed by atoms with E-state index in [1.807, 2.05) is 0 Å². The Kier molecular flexibility index (Phi) is 2.09. The Hall–Kier alpha value is -0.0800. The fraction of sp³-hybridized carbons (Fsp3) is 1.00. The van der Waals surface area contributed by atoms with E-state index < -0.39 is 0 Å². The maximum atomic E-state index is 5.42. The first-order chi connectivity index (χ1) is 4.33. The van der Waals surface area contributed by atoms with Gasteiger partial charge in [-0.15, -0.1) is 0 Å². The molecule has 0 aromatic rings. The fourth-order valence-electron chi connectivity index (χ4n) is 1.39. The molecule has 0 spiro atoms. The smallest absolute Gasteiger partial charge is 0.0690 e. The Labute approximate surface area is 56.4 Å². The highest BCUT2D eigenvalue weighted by Crippen LogP contribution is 2.37. The van der Waals surface area contributed by atoms with Crippen molar-refractivity contribution >= 4 is 0 Å². The van der Waals surface area contributed by atoms with Gasteiger partial charge < -0.3 is 10.5 Å². The van der Waals surface area contributed by atoms with Crippen LogP contribution in [0.4, 0.5) is 0 Å². The number of ether oxygens (including phenoxy) is 1. The zero-order valence-corrected chi connectivity index (χ0v) is 6.02. The number of nitrogens with two attached hydrogens (primary N) is 1. The van der Waals surface area contributed by atoms with E-state index in [4.69, 9.17) is 10.5 Å². The first-order valence-electron chi connectivity index (χ1n) is 3.58. The van der Waals surface area contributed by atoms with Gasteiger partial charge in [-0.05, 0) is 32.2 Å². The summed E-state index contributed by atoms with van der Waals surface area (Å²) in [6.45, 7) is 0.758. The maximum Gasteiger partial charge on any atom is 0.0690 e. The molecule has 0 radical (unpaired) electrons. The summed E-state index contributed by atoms with van der Waals surface area (Å²) in [4.78, 5) is 0. The van der Waals surface area contributed by atoms with Gasteiger partial charge in [-0.2, -0.15) is 0 Å². The van der Waals surface area contributed by atoms with Crippen molar-refractivity contribution in [3.05, 3.63) is 0 Å². The number of hydrogen-bond acceptors (Lipinski definition) is 2. The molecular weight excluding hydrogens is 114 g/mol. The van der Waals surface area contributed by atoms with E-state index in [9.17, 15) is 0 Å². The van der Waals surface area contributed by atoms with Crippen molar-refractivity contribution in [2.24, 2.45) is 5.73 Å². The Bertz CT molecular complexity index is 83.4. The van der Waals surface area contributed by atoms with Crippen LogP contribution in [0.15, 0.2) is 0 Å².